The van der Waals surface area contributed by atoms with Crippen LogP contribution in [0.3, 0.4) is 0 Å². The van der Waals surface area contributed by atoms with Gasteiger partial charge in [0.25, 0.3) is 0 Å². The van der Waals surface area contributed by atoms with Gasteiger partial charge in [0.2, 0.25) is 0 Å². The fourth-order valence-corrected chi connectivity index (χ4v) is 2.95. The molecule has 3 nitrogen and oxygen atoms in total. The molecule has 0 amide bonds. The fraction of sp³-hybridized carbons (Fsp3) is 0.318. The third-order valence-corrected chi connectivity index (χ3v) is 4.28. The van der Waals surface area contributed by atoms with E-state index in [0.717, 1.165) is 28.9 Å². The molecule has 1 heterocycles. The molecule has 2 rings (SSSR count). The van der Waals surface area contributed by atoms with Crippen LogP contribution in [-0.4, -0.2) is 16.7 Å². The number of hydrogen-bond donors (Lipinski definition) is 1. The molecule has 0 atom stereocenters. The first-order valence-corrected chi connectivity index (χ1v) is 8.53. The van der Waals surface area contributed by atoms with Gasteiger partial charge in [-0.2, -0.15) is 0 Å². The van der Waals surface area contributed by atoms with Crippen LogP contribution in [0.5, 0.6) is 5.75 Å². The van der Waals surface area contributed by atoms with Crippen LogP contribution in [0.2, 0.25) is 0 Å². The number of allylic oxidation sites excluding steroid dienone is 4. The summed E-state index contributed by atoms with van der Waals surface area (Å²) in [5.41, 5.74) is 4.89. The number of carbonyl (C=O) groups is 1. The molecule has 0 saturated heterocycles. The molecule has 1 N–H and O–H groups in total. The molecule has 132 valence electrons. The van der Waals surface area contributed by atoms with Gasteiger partial charge in [-0.15, -0.1) is 0 Å². The second kappa shape index (κ2) is 7.56. The van der Waals surface area contributed by atoms with Crippen molar-refractivity contribution in [1.82, 2.24) is 0 Å². The molecule has 0 aromatic heterocycles. The quantitative estimate of drug-likeness (QED) is 0.582. The lowest BCUT2D eigenvalue weighted by Crippen LogP contribution is -2.33. The Balaban J connectivity index is 2.34. The highest BCUT2D eigenvalue weighted by Gasteiger charge is 2.30. The molecule has 3 heteroatoms. The van der Waals surface area contributed by atoms with E-state index in [0.29, 0.717) is 5.57 Å². The van der Waals surface area contributed by atoms with E-state index < -0.39 is 11.6 Å². The number of ether oxygens (including phenoxy) is 1. The fourth-order valence-electron chi connectivity index (χ4n) is 2.95. The molecular formula is C22H26O3. The Morgan fingerprint density at radius 1 is 1.28 bits per heavy atom. The number of rotatable bonds is 5. The molecule has 0 aliphatic carbocycles. The molecule has 1 aliphatic rings. The van der Waals surface area contributed by atoms with Gasteiger partial charge in [0, 0.05) is 11.6 Å². The maximum atomic E-state index is 10.7. The van der Waals surface area contributed by atoms with Crippen molar-refractivity contribution >= 4 is 12.0 Å². The third kappa shape index (κ3) is 4.72. The van der Waals surface area contributed by atoms with Crippen LogP contribution in [0.1, 0.15) is 45.7 Å². The zero-order valence-corrected chi connectivity index (χ0v) is 15.6. The number of hydrogen-bond acceptors (Lipinski definition) is 2. The summed E-state index contributed by atoms with van der Waals surface area (Å²) in [6, 6.07) is 6.33. The molecule has 1 aromatic carbocycles. The average Bonchev–Trinajstić information content (AvgIpc) is 2.52. The van der Waals surface area contributed by atoms with Crippen LogP contribution in [-0.2, 0) is 11.2 Å². The first-order valence-electron chi connectivity index (χ1n) is 8.53. The average molecular weight is 338 g/mol. The topological polar surface area (TPSA) is 46.5 Å². The zero-order chi connectivity index (χ0) is 18.6. The Morgan fingerprint density at radius 3 is 2.64 bits per heavy atom. The lowest BCUT2D eigenvalue weighted by atomic mass is 9.87. The van der Waals surface area contributed by atoms with Gasteiger partial charge in [0.15, 0.2) is 0 Å². The van der Waals surface area contributed by atoms with E-state index in [2.05, 4.69) is 39.0 Å². The standard InChI is InChI=1S/C22H26O3/c1-6-17-10-11-20-18(13-17)14-19(22(4,5)25-20)16(3)9-7-8-15(2)12-21(23)24/h7-14H,6H2,1-5H3,(H,23,24)/b8-7+,15-12+,16-9-. The van der Waals surface area contributed by atoms with Crippen LogP contribution in [0.15, 0.2) is 59.2 Å². The Labute approximate surface area is 150 Å². The number of aliphatic carboxylic acids is 1. The van der Waals surface area contributed by atoms with E-state index in [1.807, 2.05) is 25.1 Å². The second-order valence-electron chi connectivity index (χ2n) is 6.83. The van der Waals surface area contributed by atoms with Gasteiger partial charge < -0.3 is 9.84 Å². The Morgan fingerprint density at radius 2 is 2.00 bits per heavy atom. The highest BCUT2D eigenvalue weighted by molar-refractivity contribution is 5.81. The van der Waals surface area contributed by atoms with Crippen molar-refractivity contribution in [3.8, 4) is 5.75 Å². The van der Waals surface area contributed by atoms with Gasteiger partial charge in [-0.05, 0) is 74.6 Å². The predicted octanol–water partition coefficient (Wildman–Crippen LogP) is 5.34. The van der Waals surface area contributed by atoms with E-state index in [1.165, 1.54) is 11.6 Å². The van der Waals surface area contributed by atoms with Gasteiger partial charge in [-0.1, -0.05) is 31.2 Å². The van der Waals surface area contributed by atoms with Gasteiger partial charge in [-0.25, -0.2) is 4.79 Å². The molecular weight excluding hydrogens is 312 g/mol. The molecule has 0 unspecified atom stereocenters. The summed E-state index contributed by atoms with van der Waals surface area (Å²) in [4.78, 5) is 10.7. The summed E-state index contributed by atoms with van der Waals surface area (Å²) in [6.45, 7) is 10.1. The summed E-state index contributed by atoms with van der Waals surface area (Å²) in [7, 11) is 0. The molecule has 0 bridgehead atoms. The number of fused-ring (bicyclic) bond motifs is 1. The number of carboxylic acids is 1. The molecule has 1 aliphatic heterocycles. The van der Waals surface area contributed by atoms with E-state index in [1.54, 1.807) is 13.0 Å². The minimum absolute atomic E-state index is 0.416. The van der Waals surface area contributed by atoms with Gasteiger partial charge in [0.1, 0.15) is 11.4 Å². The zero-order valence-electron chi connectivity index (χ0n) is 15.6. The van der Waals surface area contributed by atoms with Crippen molar-refractivity contribution in [2.75, 3.05) is 0 Å². The molecule has 0 fully saturated rings. The highest BCUT2D eigenvalue weighted by atomic mass is 16.5. The summed E-state index contributed by atoms with van der Waals surface area (Å²) < 4.78 is 6.21. The normalized spacial score (nSPS) is 17.1. The minimum atomic E-state index is -0.935. The van der Waals surface area contributed by atoms with E-state index >= 15 is 0 Å². The van der Waals surface area contributed by atoms with E-state index in [-0.39, 0.29) is 0 Å². The number of carboxylic acid groups (broad SMARTS) is 1. The summed E-state index contributed by atoms with van der Waals surface area (Å²) in [6.07, 6.45) is 10.0. The first kappa shape index (κ1) is 18.8. The predicted molar refractivity (Wildman–Crippen MR) is 103 cm³/mol. The lowest BCUT2D eigenvalue weighted by Gasteiger charge is -2.34. The third-order valence-electron chi connectivity index (χ3n) is 4.28. The van der Waals surface area contributed by atoms with Crippen molar-refractivity contribution in [3.63, 3.8) is 0 Å². The monoisotopic (exact) mass is 338 g/mol. The minimum Gasteiger partial charge on any atom is -0.483 e. The molecule has 0 saturated carbocycles. The largest absolute Gasteiger partial charge is 0.483 e. The molecule has 0 spiro atoms. The highest BCUT2D eigenvalue weighted by Crippen LogP contribution is 2.39. The smallest absolute Gasteiger partial charge is 0.328 e. The second-order valence-corrected chi connectivity index (χ2v) is 6.83. The SMILES string of the molecule is CCc1ccc2c(c1)C=C(\C(C)=C/C=C/C(C)=C/C(=O)O)C(C)(C)O2. The van der Waals surface area contributed by atoms with Crippen LogP contribution in [0.4, 0.5) is 0 Å². The van der Waals surface area contributed by atoms with E-state index in [4.69, 9.17) is 9.84 Å². The van der Waals surface area contributed by atoms with Crippen molar-refractivity contribution in [2.24, 2.45) is 0 Å². The molecule has 25 heavy (non-hydrogen) atoms. The van der Waals surface area contributed by atoms with Crippen LogP contribution < -0.4 is 4.74 Å². The van der Waals surface area contributed by atoms with Gasteiger partial charge in [-0.3, -0.25) is 0 Å². The van der Waals surface area contributed by atoms with Crippen LogP contribution in [0, 0.1) is 0 Å². The molecule has 0 radical (unpaired) electrons. The number of benzene rings is 1. The van der Waals surface area contributed by atoms with Crippen molar-refractivity contribution in [3.05, 3.63) is 70.3 Å². The number of aryl methyl sites for hydroxylation is 1. The maximum Gasteiger partial charge on any atom is 0.328 e. The maximum absolute atomic E-state index is 10.7. The van der Waals surface area contributed by atoms with Crippen molar-refractivity contribution in [1.29, 1.82) is 0 Å². The first-order chi connectivity index (χ1) is 11.7. The summed E-state index contributed by atoms with van der Waals surface area (Å²) >= 11 is 0. The van der Waals surface area contributed by atoms with Crippen molar-refractivity contribution < 1.29 is 14.6 Å². The lowest BCUT2D eigenvalue weighted by molar-refractivity contribution is -0.131. The van der Waals surface area contributed by atoms with Crippen LogP contribution in [0.25, 0.3) is 6.08 Å². The van der Waals surface area contributed by atoms with Crippen LogP contribution >= 0.6 is 0 Å². The van der Waals surface area contributed by atoms with Gasteiger partial charge in [0.05, 0.1) is 0 Å². The Kier molecular flexibility index (Phi) is 5.68. The van der Waals surface area contributed by atoms with Crippen molar-refractivity contribution in [2.45, 2.75) is 46.6 Å². The Bertz CT molecular complexity index is 789. The Hall–Kier alpha value is -2.55. The summed E-state index contributed by atoms with van der Waals surface area (Å²) in [5, 5.41) is 8.75. The van der Waals surface area contributed by atoms with Gasteiger partial charge >= 0.3 is 5.97 Å². The summed E-state index contributed by atoms with van der Waals surface area (Å²) in [5.74, 6) is -0.0229. The van der Waals surface area contributed by atoms with E-state index in [9.17, 15) is 4.79 Å². The molecule has 1 aromatic rings.